The number of hydrogen-bond donors (Lipinski definition) is 4. The lowest BCUT2D eigenvalue weighted by atomic mass is 9.92. The van der Waals surface area contributed by atoms with E-state index in [-0.39, 0.29) is 23.9 Å². The molecule has 3 fully saturated rings. The molecule has 11 heteroatoms. The van der Waals surface area contributed by atoms with Gasteiger partial charge >= 0.3 is 6.09 Å². The molecule has 0 spiro atoms. The van der Waals surface area contributed by atoms with Crippen molar-refractivity contribution in [3.8, 4) is 28.1 Å². The second kappa shape index (κ2) is 12.2. The molecule has 1 aliphatic carbocycles. The van der Waals surface area contributed by atoms with Gasteiger partial charge in [0.05, 0.1) is 42.1 Å². The number of nitrogens with zero attached hydrogens (tertiary/aromatic N) is 3. The van der Waals surface area contributed by atoms with Crippen LogP contribution in [0.4, 0.5) is 4.79 Å². The van der Waals surface area contributed by atoms with Gasteiger partial charge in [-0.05, 0) is 97.3 Å². The zero-order valence-corrected chi connectivity index (χ0v) is 28.7. The Hall–Kier alpha value is -4.90. The van der Waals surface area contributed by atoms with Gasteiger partial charge < -0.3 is 35.0 Å². The number of H-pyrrole nitrogens is 2. The first-order valence-corrected chi connectivity index (χ1v) is 18.0. The number of hydrogen-bond acceptors (Lipinski definition) is 7. The number of aromatic amines is 2. The number of amides is 2. The number of benzene rings is 3. The largest absolute Gasteiger partial charge is 0.488 e. The van der Waals surface area contributed by atoms with Gasteiger partial charge in [0.25, 0.3) is 0 Å². The van der Waals surface area contributed by atoms with Gasteiger partial charge in [-0.25, -0.2) is 14.8 Å². The molecule has 4 N–H and O–H groups in total. The summed E-state index contributed by atoms with van der Waals surface area (Å²) in [5, 5.41) is 8.48. The van der Waals surface area contributed by atoms with Crippen molar-refractivity contribution in [3.63, 3.8) is 0 Å². The van der Waals surface area contributed by atoms with Crippen molar-refractivity contribution in [2.24, 2.45) is 11.8 Å². The lowest BCUT2D eigenvalue weighted by Gasteiger charge is -2.33. The number of likely N-dealkylation sites (tertiary alicyclic amines) is 1. The van der Waals surface area contributed by atoms with Crippen molar-refractivity contribution >= 4 is 33.8 Å². The van der Waals surface area contributed by atoms with Crippen molar-refractivity contribution in [3.05, 3.63) is 65.9 Å². The number of methoxy groups -OCH3 is 1. The molecule has 5 atom stereocenters. The Morgan fingerprint density at radius 2 is 1.92 bits per heavy atom. The summed E-state index contributed by atoms with van der Waals surface area (Å²) in [6.07, 6.45) is 7.63. The van der Waals surface area contributed by atoms with Crippen molar-refractivity contribution in [1.29, 1.82) is 0 Å². The fourth-order valence-corrected chi connectivity index (χ4v) is 8.91. The summed E-state index contributed by atoms with van der Waals surface area (Å²) in [5.41, 5.74) is 7.24. The molecule has 11 nitrogen and oxygen atoms in total. The number of ether oxygens (including phenoxy) is 2. The van der Waals surface area contributed by atoms with Gasteiger partial charge in [0.1, 0.15) is 30.0 Å². The zero-order valence-electron chi connectivity index (χ0n) is 28.7. The van der Waals surface area contributed by atoms with E-state index in [0.717, 1.165) is 100 Å². The molecule has 2 saturated heterocycles. The van der Waals surface area contributed by atoms with Gasteiger partial charge in [0.15, 0.2) is 0 Å². The van der Waals surface area contributed by atoms with Crippen LogP contribution in [0.25, 0.3) is 44.2 Å². The van der Waals surface area contributed by atoms with Gasteiger partial charge in [-0.1, -0.05) is 32.4 Å². The molecule has 2 aromatic heterocycles. The summed E-state index contributed by atoms with van der Waals surface area (Å²) in [5.74, 6) is 2.92. The summed E-state index contributed by atoms with van der Waals surface area (Å²) in [4.78, 5) is 45.4. The fourth-order valence-electron chi connectivity index (χ4n) is 8.91. The third-order valence-corrected chi connectivity index (χ3v) is 11.5. The number of carbonyl (C=O) groups excluding carboxylic acids is 2. The first-order valence-electron chi connectivity index (χ1n) is 18.0. The standard InChI is InChI=1S/C39H43N7O4/c1-20(2)34(45-39(48)49-3)38(47)46-31-8-4-6-23(31)16-32(46)37-42-28-12-10-21-14-26-24(15-27(21)35(28)44-37)19-50-33-17-22(9-11-25(26)33)30-18-41-36(43-30)29-7-5-13-40-29/h9-12,14-15,17-18,20,23,29,31-32,34,40H,4-8,13,16,19H2,1-3H3,(H,41,43)(H,42,44)(H,45,48)/t23-,29?,31-,32-,34-/m0/s1. The first kappa shape index (κ1) is 31.1. The molecule has 2 amide bonds. The summed E-state index contributed by atoms with van der Waals surface area (Å²) in [7, 11) is 1.33. The van der Waals surface area contributed by atoms with Crippen molar-refractivity contribution < 1.29 is 19.1 Å². The Balaban J connectivity index is 1.04. The summed E-state index contributed by atoms with van der Waals surface area (Å²) in [6.45, 7) is 5.40. The third kappa shape index (κ3) is 5.12. The topological polar surface area (TPSA) is 137 Å². The van der Waals surface area contributed by atoms with Crippen LogP contribution >= 0.6 is 0 Å². The maximum absolute atomic E-state index is 14.2. The zero-order chi connectivity index (χ0) is 34.1. The molecule has 5 aromatic rings. The van der Waals surface area contributed by atoms with Crippen LogP contribution in [0.3, 0.4) is 0 Å². The minimum Gasteiger partial charge on any atom is -0.488 e. The minimum absolute atomic E-state index is 0.0676. The summed E-state index contributed by atoms with van der Waals surface area (Å²) < 4.78 is 11.2. The van der Waals surface area contributed by atoms with E-state index in [0.29, 0.717) is 18.6 Å². The quantitative estimate of drug-likeness (QED) is 0.154. The number of rotatable bonds is 6. The van der Waals surface area contributed by atoms with E-state index in [1.807, 2.05) is 24.9 Å². The van der Waals surface area contributed by atoms with Gasteiger partial charge in [-0.2, -0.15) is 0 Å². The first-order chi connectivity index (χ1) is 24.4. The smallest absolute Gasteiger partial charge is 0.407 e. The molecule has 1 saturated carbocycles. The van der Waals surface area contributed by atoms with Crippen molar-refractivity contribution in [1.82, 2.24) is 35.5 Å². The van der Waals surface area contributed by atoms with Crippen LogP contribution in [0.15, 0.2) is 48.7 Å². The normalized spacial score (nSPS) is 23.2. The van der Waals surface area contributed by atoms with Crippen molar-refractivity contribution in [2.45, 2.75) is 83.1 Å². The lowest BCUT2D eigenvalue weighted by molar-refractivity contribution is -0.137. The Labute approximate surface area is 290 Å². The van der Waals surface area contributed by atoms with E-state index in [4.69, 9.17) is 14.5 Å². The van der Waals surface area contributed by atoms with Crippen LogP contribution in [0.5, 0.6) is 5.75 Å². The molecule has 5 heterocycles. The molecule has 3 aliphatic heterocycles. The molecule has 258 valence electrons. The number of alkyl carbamates (subject to hydrolysis) is 1. The molecule has 3 aromatic carbocycles. The second-order valence-corrected chi connectivity index (χ2v) is 14.8. The Kier molecular flexibility index (Phi) is 7.56. The predicted molar refractivity (Wildman–Crippen MR) is 190 cm³/mol. The number of fused-ring (bicyclic) bond motifs is 7. The van der Waals surface area contributed by atoms with E-state index in [2.05, 4.69) is 68.1 Å². The molecule has 0 bridgehead atoms. The Bertz CT molecular complexity index is 2130. The van der Waals surface area contributed by atoms with E-state index in [1.165, 1.54) is 19.1 Å². The average Bonchev–Trinajstić information content (AvgIpc) is 3.96. The highest BCUT2D eigenvalue weighted by atomic mass is 16.5. The highest BCUT2D eigenvalue weighted by Gasteiger charge is 2.49. The minimum atomic E-state index is -0.675. The van der Waals surface area contributed by atoms with E-state index in [9.17, 15) is 9.59 Å². The second-order valence-electron chi connectivity index (χ2n) is 14.8. The van der Waals surface area contributed by atoms with Gasteiger partial charge in [0.2, 0.25) is 5.91 Å². The third-order valence-electron chi connectivity index (χ3n) is 11.5. The molecule has 4 aliphatic rings. The van der Waals surface area contributed by atoms with Crippen LogP contribution in [-0.4, -0.2) is 62.6 Å². The molecule has 0 radical (unpaired) electrons. The van der Waals surface area contributed by atoms with Crippen molar-refractivity contribution in [2.75, 3.05) is 13.7 Å². The molecular weight excluding hydrogens is 630 g/mol. The number of nitrogens with one attached hydrogen (secondary N) is 4. The maximum Gasteiger partial charge on any atom is 0.407 e. The molecule has 50 heavy (non-hydrogen) atoms. The highest BCUT2D eigenvalue weighted by Crippen LogP contribution is 2.48. The summed E-state index contributed by atoms with van der Waals surface area (Å²) in [6, 6.07) is 14.7. The van der Waals surface area contributed by atoms with Crippen LogP contribution in [-0.2, 0) is 16.1 Å². The number of imidazole rings is 2. The van der Waals surface area contributed by atoms with E-state index < -0.39 is 12.1 Å². The lowest BCUT2D eigenvalue weighted by Crippen LogP contribution is -2.53. The fraction of sp³-hybridized carbons (Fsp3) is 0.436. The Morgan fingerprint density at radius 1 is 1.02 bits per heavy atom. The van der Waals surface area contributed by atoms with Crippen LogP contribution in [0.1, 0.15) is 81.7 Å². The van der Waals surface area contributed by atoms with Gasteiger partial charge in [-0.3, -0.25) is 4.79 Å². The van der Waals surface area contributed by atoms with Crippen LogP contribution < -0.4 is 15.4 Å². The Morgan fingerprint density at radius 3 is 2.74 bits per heavy atom. The monoisotopic (exact) mass is 673 g/mol. The predicted octanol–water partition coefficient (Wildman–Crippen LogP) is 6.91. The average molecular weight is 674 g/mol. The van der Waals surface area contributed by atoms with Crippen LogP contribution in [0, 0.1) is 11.8 Å². The highest BCUT2D eigenvalue weighted by molar-refractivity contribution is 6.06. The molecule has 9 rings (SSSR count). The molecule has 1 unspecified atom stereocenters. The van der Waals surface area contributed by atoms with E-state index >= 15 is 0 Å². The number of carbonyl (C=O) groups is 2. The maximum atomic E-state index is 14.2. The molecular formula is C39H43N7O4. The van der Waals surface area contributed by atoms with Gasteiger partial charge in [0, 0.05) is 22.6 Å². The summed E-state index contributed by atoms with van der Waals surface area (Å²) >= 11 is 0. The van der Waals surface area contributed by atoms with Crippen LogP contribution in [0.2, 0.25) is 0 Å². The van der Waals surface area contributed by atoms with Gasteiger partial charge in [-0.15, -0.1) is 0 Å². The van der Waals surface area contributed by atoms with E-state index in [1.54, 1.807) is 0 Å². The SMILES string of the molecule is COC(=O)N[C@H](C(=O)N1[C@H](c2nc3c(ccc4cc5c(cc43)COc3cc(-c4cnc(C6CCCN6)[nH]4)ccc3-5)[nH]2)C[C@@H]2CCC[C@@H]21)C(C)C. The number of aromatic nitrogens is 4.